The van der Waals surface area contributed by atoms with Crippen LogP contribution in [0.25, 0.3) is 0 Å². The molecule has 1 aromatic carbocycles. The number of carboxylic acids is 1. The first-order valence-electron chi connectivity index (χ1n) is 6.78. The molecule has 1 fully saturated rings. The van der Waals surface area contributed by atoms with E-state index in [1.165, 1.54) is 0 Å². The predicted molar refractivity (Wildman–Crippen MR) is 70.0 cm³/mol. The molecule has 0 aromatic heterocycles. The third-order valence-corrected chi connectivity index (χ3v) is 4.27. The zero-order chi connectivity index (χ0) is 13.5. The maximum absolute atomic E-state index is 11.8. The van der Waals surface area contributed by atoms with Gasteiger partial charge in [0.1, 0.15) is 13.2 Å². The molecule has 102 valence electrons. The number of carbonyl (C=O) groups is 1. The van der Waals surface area contributed by atoms with Crippen LogP contribution in [0.3, 0.4) is 0 Å². The molecule has 0 bridgehead atoms. The van der Waals surface area contributed by atoms with Crippen molar-refractivity contribution in [3.63, 3.8) is 0 Å². The van der Waals surface area contributed by atoms with Gasteiger partial charge in [-0.3, -0.25) is 4.79 Å². The van der Waals surface area contributed by atoms with Crippen LogP contribution in [0.1, 0.15) is 36.8 Å². The molecule has 4 heteroatoms. The first-order valence-corrected chi connectivity index (χ1v) is 6.78. The highest BCUT2D eigenvalue weighted by atomic mass is 16.6. The highest BCUT2D eigenvalue weighted by Crippen LogP contribution is 2.46. The van der Waals surface area contributed by atoms with Gasteiger partial charge in [-0.15, -0.1) is 0 Å². The number of rotatable bonds is 2. The van der Waals surface area contributed by atoms with Crippen LogP contribution in [-0.2, 0) is 10.2 Å². The first-order chi connectivity index (χ1) is 9.13. The van der Waals surface area contributed by atoms with E-state index in [-0.39, 0.29) is 0 Å². The zero-order valence-corrected chi connectivity index (χ0v) is 11.1. The number of hydrogen-bond acceptors (Lipinski definition) is 3. The molecule has 2 aliphatic rings. The Morgan fingerprint density at radius 3 is 2.32 bits per heavy atom. The Morgan fingerprint density at radius 2 is 1.74 bits per heavy atom. The van der Waals surface area contributed by atoms with E-state index in [4.69, 9.17) is 9.47 Å². The quantitative estimate of drug-likeness (QED) is 0.890. The Balaban J connectivity index is 2.11. The van der Waals surface area contributed by atoms with E-state index in [0.29, 0.717) is 31.8 Å². The van der Waals surface area contributed by atoms with Gasteiger partial charge in [-0.25, -0.2) is 0 Å². The molecule has 0 unspecified atom stereocenters. The average molecular weight is 262 g/mol. The fraction of sp³-hybridized carbons (Fsp3) is 0.533. The number of aryl methyl sites for hydroxylation is 1. The van der Waals surface area contributed by atoms with Crippen LogP contribution < -0.4 is 9.47 Å². The minimum atomic E-state index is -0.736. The van der Waals surface area contributed by atoms with Crippen molar-refractivity contribution in [1.82, 2.24) is 0 Å². The van der Waals surface area contributed by atoms with Gasteiger partial charge in [-0.2, -0.15) is 0 Å². The van der Waals surface area contributed by atoms with Crippen LogP contribution in [0, 0.1) is 6.92 Å². The van der Waals surface area contributed by atoms with Crippen molar-refractivity contribution in [1.29, 1.82) is 0 Å². The summed E-state index contributed by atoms with van der Waals surface area (Å²) in [5.41, 5.74) is 1.13. The lowest BCUT2D eigenvalue weighted by Crippen LogP contribution is -2.33. The standard InChI is InChI=1S/C15H18O4/c1-10-8-12-13(19-7-6-18-12)9-11(10)15(14(16)17)4-2-3-5-15/h8-9H,2-7H2,1H3,(H,16,17). The second-order valence-corrected chi connectivity index (χ2v) is 5.41. The molecule has 4 nitrogen and oxygen atoms in total. The summed E-state index contributed by atoms with van der Waals surface area (Å²) in [7, 11) is 0. The number of fused-ring (bicyclic) bond motifs is 1. The molecule has 1 saturated carbocycles. The fourth-order valence-electron chi connectivity index (χ4n) is 3.28. The van der Waals surface area contributed by atoms with Crippen molar-refractivity contribution in [3.05, 3.63) is 23.3 Å². The number of carboxylic acid groups (broad SMARTS) is 1. The lowest BCUT2D eigenvalue weighted by molar-refractivity contribution is -0.143. The summed E-state index contributed by atoms with van der Waals surface area (Å²) >= 11 is 0. The van der Waals surface area contributed by atoms with Crippen molar-refractivity contribution >= 4 is 5.97 Å². The number of ether oxygens (including phenoxy) is 2. The van der Waals surface area contributed by atoms with Crippen molar-refractivity contribution in [3.8, 4) is 11.5 Å². The van der Waals surface area contributed by atoms with Gasteiger partial charge in [0.15, 0.2) is 11.5 Å². The second kappa shape index (κ2) is 4.44. The molecule has 1 aromatic rings. The van der Waals surface area contributed by atoms with E-state index in [0.717, 1.165) is 29.7 Å². The molecule has 1 aliphatic carbocycles. The third kappa shape index (κ3) is 1.86. The molecule has 0 atom stereocenters. The summed E-state index contributed by atoms with van der Waals surface area (Å²) in [5.74, 6) is 0.690. The maximum atomic E-state index is 11.8. The summed E-state index contributed by atoms with van der Waals surface area (Å²) < 4.78 is 11.1. The number of benzene rings is 1. The fourth-order valence-corrected chi connectivity index (χ4v) is 3.28. The van der Waals surface area contributed by atoms with Crippen LogP contribution in [0.15, 0.2) is 12.1 Å². The van der Waals surface area contributed by atoms with Crippen LogP contribution in [0.2, 0.25) is 0 Å². The van der Waals surface area contributed by atoms with Gasteiger partial charge in [0, 0.05) is 0 Å². The summed E-state index contributed by atoms with van der Waals surface area (Å²) in [6, 6.07) is 3.79. The molecule has 19 heavy (non-hydrogen) atoms. The van der Waals surface area contributed by atoms with Gasteiger partial charge >= 0.3 is 5.97 Å². The van der Waals surface area contributed by atoms with Crippen LogP contribution in [-0.4, -0.2) is 24.3 Å². The molecule has 1 heterocycles. The third-order valence-electron chi connectivity index (χ3n) is 4.27. The molecule has 1 N–H and O–H groups in total. The van der Waals surface area contributed by atoms with E-state index in [1.807, 2.05) is 19.1 Å². The van der Waals surface area contributed by atoms with Crippen LogP contribution >= 0.6 is 0 Å². The Kier molecular flexibility index (Phi) is 2.88. The molecule has 3 rings (SSSR count). The summed E-state index contributed by atoms with van der Waals surface area (Å²) in [4.78, 5) is 11.8. The monoisotopic (exact) mass is 262 g/mol. The van der Waals surface area contributed by atoms with E-state index >= 15 is 0 Å². The van der Waals surface area contributed by atoms with Gasteiger partial charge in [0.2, 0.25) is 0 Å². The van der Waals surface area contributed by atoms with Crippen molar-refractivity contribution in [2.45, 2.75) is 38.0 Å². The Hall–Kier alpha value is -1.71. The van der Waals surface area contributed by atoms with E-state index in [1.54, 1.807) is 0 Å². The SMILES string of the molecule is Cc1cc2c(cc1C1(C(=O)O)CCCC1)OCCO2. The van der Waals surface area contributed by atoms with Crippen LogP contribution in [0.4, 0.5) is 0 Å². The Labute approximate surface area is 112 Å². The van der Waals surface area contributed by atoms with Crippen LogP contribution in [0.5, 0.6) is 11.5 Å². The largest absolute Gasteiger partial charge is 0.486 e. The van der Waals surface area contributed by atoms with Crippen molar-refractivity contribution < 1.29 is 19.4 Å². The maximum Gasteiger partial charge on any atom is 0.314 e. The van der Waals surface area contributed by atoms with Gasteiger partial charge in [-0.1, -0.05) is 12.8 Å². The highest BCUT2D eigenvalue weighted by Gasteiger charge is 2.44. The smallest absolute Gasteiger partial charge is 0.314 e. The normalized spacial score (nSPS) is 20.3. The molecule has 0 amide bonds. The van der Waals surface area contributed by atoms with Gasteiger partial charge < -0.3 is 14.6 Å². The number of hydrogen-bond donors (Lipinski definition) is 1. The Morgan fingerprint density at radius 1 is 1.16 bits per heavy atom. The molecular formula is C15H18O4. The Bertz CT molecular complexity index is 515. The lowest BCUT2D eigenvalue weighted by Gasteiger charge is -2.28. The first kappa shape index (κ1) is 12.3. The van der Waals surface area contributed by atoms with Gasteiger partial charge in [-0.05, 0) is 43.0 Å². The topological polar surface area (TPSA) is 55.8 Å². The molecule has 0 saturated heterocycles. The minimum Gasteiger partial charge on any atom is -0.486 e. The minimum absolute atomic E-state index is 0.523. The summed E-state index contributed by atoms with van der Waals surface area (Å²) in [5, 5.41) is 9.67. The average Bonchev–Trinajstić information content (AvgIpc) is 2.88. The zero-order valence-electron chi connectivity index (χ0n) is 11.1. The van der Waals surface area contributed by atoms with Gasteiger partial charge in [0.25, 0.3) is 0 Å². The van der Waals surface area contributed by atoms with Crippen molar-refractivity contribution in [2.24, 2.45) is 0 Å². The molecule has 0 spiro atoms. The molecular weight excluding hydrogens is 244 g/mol. The van der Waals surface area contributed by atoms with E-state index < -0.39 is 11.4 Å². The lowest BCUT2D eigenvalue weighted by atomic mass is 9.76. The van der Waals surface area contributed by atoms with Crippen molar-refractivity contribution in [2.75, 3.05) is 13.2 Å². The van der Waals surface area contributed by atoms with E-state index in [9.17, 15) is 9.90 Å². The van der Waals surface area contributed by atoms with E-state index in [2.05, 4.69) is 0 Å². The molecule has 1 aliphatic heterocycles. The second-order valence-electron chi connectivity index (χ2n) is 5.41. The van der Waals surface area contributed by atoms with Gasteiger partial charge in [0.05, 0.1) is 5.41 Å². The predicted octanol–water partition coefficient (Wildman–Crippen LogP) is 2.66. The highest BCUT2D eigenvalue weighted by molar-refractivity contribution is 5.83. The summed E-state index contributed by atoms with van der Waals surface area (Å²) in [6.07, 6.45) is 3.37. The molecule has 0 radical (unpaired) electrons. The number of aliphatic carboxylic acids is 1. The summed E-state index contributed by atoms with van der Waals surface area (Å²) in [6.45, 7) is 3.03.